The first kappa shape index (κ1) is 18.2. The van der Waals surface area contributed by atoms with Crippen LogP contribution in [0.4, 0.5) is 4.39 Å². The Labute approximate surface area is 164 Å². The Morgan fingerprint density at radius 2 is 2.07 bits per heavy atom. The molecule has 0 amide bonds. The van der Waals surface area contributed by atoms with Crippen molar-refractivity contribution in [2.24, 2.45) is 4.99 Å². The average molecular weight is 377 g/mol. The second-order valence-corrected chi connectivity index (χ2v) is 7.10. The second kappa shape index (κ2) is 7.84. The summed E-state index contributed by atoms with van der Waals surface area (Å²) in [4.78, 5) is 4.34. The molecule has 3 aromatic rings. The molecule has 2 N–H and O–H groups in total. The van der Waals surface area contributed by atoms with Gasteiger partial charge in [0.1, 0.15) is 5.82 Å². The number of halogens is 1. The van der Waals surface area contributed by atoms with Crippen LogP contribution in [0, 0.1) is 5.82 Å². The van der Waals surface area contributed by atoms with E-state index in [0.717, 1.165) is 29.2 Å². The molecule has 1 saturated carbocycles. The van der Waals surface area contributed by atoms with E-state index in [1.54, 1.807) is 19.3 Å². The van der Waals surface area contributed by atoms with E-state index in [0.29, 0.717) is 0 Å². The van der Waals surface area contributed by atoms with Crippen LogP contribution in [0.1, 0.15) is 36.4 Å². The molecular formula is C22H24FN5. The molecule has 5 nitrogen and oxygen atoms in total. The summed E-state index contributed by atoms with van der Waals surface area (Å²) in [5, 5.41) is 11.1. The fourth-order valence-corrected chi connectivity index (χ4v) is 3.47. The normalized spacial score (nSPS) is 19.9. The third-order valence-corrected chi connectivity index (χ3v) is 5.13. The van der Waals surface area contributed by atoms with E-state index in [4.69, 9.17) is 0 Å². The maximum Gasteiger partial charge on any atom is 0.191 e. The number of guanidine groups is 1. The largest absolute Gasteiger partial charge is 0.353 e. The summed E-state index contributed by atoms with van der Waals surface area (Å²) < 4.78 is 15.8. The maximum atomic E-state index is 14.0. The van der Waals surface area contributed by atoms with Crippen LogP contribution in [0.5, 0.6) is 0 Å². The lowest BCUT2D eigenvalue weighted by Gasteiger charge is -2.19. The number of hydrogen-bond donors (Lipinski definition) is 2. The van der Waals surface area contributed by atoms with Crippen molar-refractivity contribution in [1.82, 2.24) is 20.4 Å². The maximum absolute atomic E-state index is 14.0. The van der Waals surface area contributed by atoms with Crippen molar-refractivity contribution < 1.29 is 4.39 Å². The highest BCUT2D eigenvalue weighted by Gasteiger charge is 2.40. The molecule has 1 aliphatic carbocycles. The first-order chi connectivity index (χ1) is 13.7. The molecular weight excluding hydrogens is 353 g/mol. The van der Waals surface area contributed by atoms with Crippen LogP contribution in [-0.4, -0.2) is 28.8 Å². The lowest BCUT2D eigenvalue weighted by Crippen LogP contribution is -2.40. The second-order valence-electron chi connectivity index (χ2n) is 7.10. The van der Waals surface area contributed by atoms with Crippen molar-refractivity contribution in [3.05, 3.63) is 83.9 Å². The zero-order valence-electron chi connectivity index (χ0n) is 16.0. The smallest absolute Gasteiger partial charge is 0.191 e. The van der Waals surface area contributed by atoms with Gasteiger partial charge in [0.15, 0.2) is 5.96 Å². The minimum Gasteiger partial charge on any atom is -0.353 e. The Balaban J connectivity index is 1.39. The number of aliphatic imine (C=N–C) groups is 1. The van der Waals surface area contributed by atoms with Crippen LogP contribution in [0.25, 0.3) is 5.69 Å². The molecule has 144 valence electrons. The van der Waals surface area contributed by atoms with Crippen LogP contribution in [0.15, 0.2) is 72.0 Å². The first-order valence-electron chi connectivity index (χ1n) is 9.50. The predicted octanol–water partition coefficient (Wildman–Crippen LogP) is 3.79. The standard InChI is InChI=1S/C22H24FN5/c1-15(16-7-5-8-17(13-16)28-12-6-11-25-28)26-22(24-2)27-21-14-19(21)18-9-3-4-10-20(18)23/h3-13,15,19,21H,14H2,1-2H3,(H2,24,26,27). The van der Waals surface area contributed by atoms with Gasteiger partial charge in [-0.1, -0.05) is 30.3 Å². The Bertz CT molecular complexity index is 967. The summed E-state index contributed by atoms with van der Waals surface area (Å²) in [6.07, 6.45) is 4.60. The molecule has 1 fully saturated rings. The zero-order valence-corrected chi connectivity index (χ0v) is 16.0. The molecule has 0 spiro atoms. The molecule has 0 bridgehead atoms. The number of nitrogens with one attached hydrogen (secondary N) is 2. The highest BCUT2D eigenvalue weighted by atomic mass is 19.1. The van der Waals surface area contributed by atoms with Gasteiger partial charge in [-0.2, -0.15) is 5.10 Å². The van der Waals surface area contributed by atoms with Crippen molar-refractivity contribution in [1.29, 1.82) is 0 Å². The quantitative estimate of drug-likeness (QED) is 0.525. The highest BCUT2D eigenvalue weighted by Crippen LogP contribution is 2.41. The highest BCUT2D eigenvalue weighted by molar-refractivity contribution is 5.81. The van der Waals surface area contributed by atoms with Crippen molar-refractivity contribution in [2.75, 3.05) is 7.05 Å². The lowest BCUT2D eigenvalue weighted by atomic mass is 10.1. The SMILES string of the molecule is CN=C(NC(C)c1cccc(-n2cccn2)c1)NC1CC1c1ccccc1F. The van der Waals surface area contributed by atoms with Gasteiger partial charge in [0.2, 0.25) is 0 Å². The zero-order chi connectivity index (χ0) is 19.5. The predicted molar refractivity (Wildman–Crippen MR) is 109 cm³/mol. The van der Waals surface area contributed by atoms with Gasteiger partial charge in [-0.25, -0.2) is 9.07 Å². The van der Waals surface area contributed by atoms with Crippen LogP contribution in [0.2, 0.25) is 0 Å². The van der Waals surface area contributed by atoms with Gasteiger partial charge in [0.05, 0.1) is 11.7 Å². The van der Waals surface area contributed by atoms with Crippen LogP contribution >= 0.6 is 0 Å². The van der Waals surface area contributed by atoms with E-state index in [-0.39, 0.29) is 23.8 Å². The fraction of sp³-hybridized carbons (Fsp3) is 0.273. The number of benzene rings is 2. The van der Waals surface area contributed by atoms with Crippen LogP contribution in [-0.2, 0) is 0 Å². The molecule has 6 heteroatoms. The molecule has 4 rings (SSSR count). The van der Waals surface area contributed by atoms with Crippen LogP contribution in [0.3, 0.4) is 0 Å². The minimum absolute atomic E-state index is 0.0624. The Morgan fingerprint density at radius 3 is 2.82 bits per heavy atom. The van der Waals surface area contributed by atoms with Crippen molar-refractivity contribution in [3.8, 4) is 5.69 Å². The molecule has 1 aliphatic rings. The van der Waals surface area contributed by atoms with E-state index in [9.17, 15) is 4.39 Å². The third-order valence-electron chi connectivity index (χ3n) is 5.13. The number of hydrogen-bond acceptors (Lipinski definition) is 2. The summed E-state index contributed by atoms with van der Waals surface area (Å²) in [5.41, 5.74) is 2.92. The summed E-state index contributed by atoms with van der Waals surface area (Å²) in [7, 11) is 1.75. The summed E-state index contributed by atoms with van der Waals surface area (Å²) in [6.45, 7) is 2.09. The summed E-state index contributed by atoms with van der Waals surface area (Å²) >= 11 is 0. The van der Waals surface area contributed by atoms with Gasteiger partial charge in [-0.3, -0.25) is 4.99 Å². The van der Waals surface area contributed by atoms with E-state index in [2.05, 4.69) is 39.8 Å². The Morgan fingerprint density at radius 1 is 1.21 bits per heavy atom. The molecule has 0 radical (unpaired) electrons. The van der Waals surface area contributed by atoms with Crippen LogP contribution < -0.4 is 10.6 Å². The minimum atomic E-state index is -0.136. The van der Waals surface area contributed by atoms with E-state index in [1.165, 1.54) is 6.07 Å². The lowest BCUT2D eigenvalue weighted by molar-refractivity contribution is 0.607. The van der Waals surface area contributed by atoms with Gasteiger partial charge in [0, 0.05) is 31.4 Å². The fourth-order valence-electron chi connectivity index (χ4n) is 3.47. The third kappa shape index (κ3) is 3.91. The van der Waals surface area contributed by atoms with Crippen molar-refractivity contribution >= 4 is 5.96 Å². The molecule has 3 unspecified atom stereocenters. The van der Waals surface area contributed by atoms with E-state index in [1.807, 2.05) is 41.2 Å². The molecule has 0 saturated heterocycles. The Hall–Kier alpha value is -3.15. The summed E-state index contributed by atoms with van der Waals surface area (Å²) in [5.74, 6) is 0.780. The monoisotopic (exact) mass is 377 g/mol. The van der Waals surface area contributed by atoms with Gasteiger partial charge in [-0.05, 0) is 48.7 Å². The number of rotatable bonds is 5. The van der Waals surface area contributed by atoms with Gasteiger partial charge in [0.25, 0.3) is 0 Å². The van der Waals surface area contributed by atoms with E-state index >= 15 is 0 Å². The first-order valence-corrected chi connectivity index (χ1v) is 9.50. The molecule has 0 aliphatic heterocycles. The number of nitrogens with zero attached hydrogens (tertiary/aromatic N) is 3. The average Bonchev–Trinajstić information content (AvgIpc) is 3.25. The number of aromatic nitrogens is 2. The molecule has 28 heavy (non-hydrogen) atoms. The molecule has 1 aromatic heterocycles. The summed E-state index contributed by atoms with van der Waals surface area (Å²) in [6, 6.07) is 17.4. The molecule has 2 aromatic carbocycles. The van der Waals surface area contributed by atoms with Gasteiger partial charge in [-0.15, -0.1) is 0 Å². The topological polar surface area (TPSA) is 54.2 Å². The molecule has 1 heterocycles. The van der Waals surface area contributed by atoms with Gasteiger partial charge >= 0.3 is 0 Å². The van der Waals surface area contributed by atoms with Crippen molar-refractivity contribution in [3.63, 3.8) is 0 Å². The van der Waals surface area contributed by atoms with Crippen molar-refractivity contribution in [2.45, 2.75) is 31.3 Å². The Kier molecular flexibility index (Phi) is 5.10. The molecule has 3 atom stereocenters. The van der Waals surface area contributed by atoms with E-state index < -0.39 is 0 Å². The van der Waals surface area contributed by atoms with Gasteiger partial charge < -0.3 is 10.6 Å².